The summed E-state index contributed by atoms with van der Waals surface area (Å²) in [6, 6.07) is 3.12. The highest BCUT2D eigenvalue weighted by Crippen LogP contribution is 2.24. The lowest BCUT2D eigenvalue weighted by Gasteiger charge is -2.16. The van der Waals surface area contributed by atoms with E-state index in [4.69, 9.17) is 5.11 Å². The molecule has 2 nitrogen and oxygen atoms in total. The van der Waals surface area contributed by atoms with E-state index in [1.807, 2.05) is 5.92 Å². The Balaban J connectivity index is 2.40. The largest absolute Gasteiger partial charge is 0.472 e. The van der Waals surface area contributed by atoms with Crippen molar-refractivity contribution in [1.82, 2.24) is 0 Å². The average molecular weight is 218 g/mol. The van der Waals surface area contributed by atoms with E-state index in [1.54, 1.807) is 6.07 Å². The molecule has 0 spiro atoms. The number of hydrogen-bond acceptors (Lipinski definition) is 1. The van der Waals surface area contributed by atoms with E-state index in [2.05, 4.69) is 5.92 Å². The molecule has 0 radical (unpaired) electrons. The molecule has 1 aliphatic carbocycles. The molecule has 0 aromatic heterocycles. The Morgan fingerprint density at radius 3 is 2.81 bits per heavy atom. The van der Waals surface area contributed by atoms with Gasteiger partial charge in [-0.05, 0) is 48.9 Å². The predicted molar refractivity (Wildman–Crippen MR) is 57.6 cm³/mol. The van der Waals surface area contributed by atoms with Crippen LogP contribution in [0.1, 0.15) is 29.5 Å². The summed E-state index contributed by atoms with van der Waals surface area (Å²) in [5.41, 5.74) is 2.19. The Morgan fingerprint density at radius 2 is 2.06 bits per heavy atom. The van der Waals surface area contributed by atoms with Gasteiger partial charge in [-0.1, -0.05) is 5.92 Å². The van der Waals surface area contributed by atoms with Gasteiger partial charge in [0.25, 0.3) is 0 Å². The third-order valence-electron chi connectivity index (χ3n) is 2.72. The molecule has 0 fully saturated rings. The van der Waals surface area contributed by atoms with Crippen LogP contribution >= 0.6 is 0 Å². The van der Waals surface area contributed by atoms with E-state index in [0.29, 0.717) is 5.56 Å². The molecule has 3 heteroatoms. The van der Waals surface area contributed by atoms with Crippen molar-refractivity contribution in [2.24, 2.45) is 0 Å². The zero-order valence-corrected chi connectivity index (χ0v) is 8.72. The molecular weight excluding hydrogens is 207 g/mol. The first-order valence-corrected chi connectivity index (χ1v) is 5.23. The fraction of sp³-hybridized carbons (Fsp3) is 0.308. The maximum absolute atomic E-state index is 13.6. The first-order valence-electron chi connectivity index (χ1n) is 5.23. The predicted octanol–water partition coefficient (Wildman–Crippen LogP) is 2.14. The standard InChI is InChI=1S/C13H11FO2/c14-12-8-9(5-6-13(15)16)7-10-3-1-2-4-11(10)12/h7-8H,1-4H2,(H,15,16). The van der Waals surface area contributed by atoms with E-state index in [0.717, 1.165) is 36.8 Å². The summed E-state index contributed by atoms with van der Waals surface area (Å²) in [5.74, 6) is 2.99. The van der Waals surface area contributed by atoms with Crippen molar-refractivity contribution in [3.05, 3.63) is 34.6 Å². The third-order valence-corrected chi connectivity index (χ3v) is 2.72. The molecule has 0 atom stereocenters. The average Bonchev–Trinajstić information content (AvgIpc) is 2.26. The van der Waals surface area contributed by atoms with Gasteiger partial charge >= 0.3 is 5.97 Å². The molecule has 0 bridgehead atoms. The Kier molecular flexibility index (Phi) is 2.91. The molecule has 0 saturated carbocycles. The molecule has 16 heavy (non-hydrogen) atoms. The molecule has 0 saturated heterocycles. The minimum atomic E-state index is -1.20. The van der Waals surface area contributed by atoms with Crippen LogP contribution in [-0.4, -0.2) is 11.1 Å². The van der Waals surface area contributed by atoms with Gasteiger partial charge in [-0.3, -0.25) is 0 Å². The number of aryl methyl sites for hydroxylation is 1. The highest BCUT2D eigenvalue weighted by atomic mass is 19.1. The second kappa shape index (κ2) is 4.36. The van der Waals surface area contributed by atoms with Crippen LogP contribution in [0.5, 0.6) is 0 Å². The van der Waals surface area contributed by atoms with Gasteiger partial charge in [0.2, 0.25) is 0 Å². The Bertz CT molecular complexity index is 495. The molecule has 0 aliphatic heterocycles. The van der Waals surface area contributed by atoms with E-state index in [-0.39, 0.29) is 5.82 Å². The summed E-state index contributed by atoms with van der Waals surface area (Å²) in [4.78, 5) is 10.3. The molecule has 1 aromatic rings. The lowest BCUT2D eigenvalue weighted by molar-refractivity contribution is -0.130. The third kappa shape index (κ3) is 2.22. The number of carboxylic acid groups (broad SMARTS) is 1. The van der Waals surface area contributed by atoms with Crippen molar-refractivity contribution in [1.29, 1.82) is 0 Å². The van der Waals surface area contributed by atoms with Crippen molar-refractivity contribution >= 4 is 5.97 Å². The van der Waals surface area contributed by atoms with E-state index in [9.17, 15) is 9.18 Å². The van der Waals surface area contributed by atoms with Crippen molar-refractivity contribution < 1.29 is 14.3 Å². The first kappa shape index (κ1) is 10.7. The molecular formula is C13H11FO2. The number of hydrogen-bond donors (Lipinski definition) is 1. The zero-order chi connectivity index (χ0) is 11.5. The molecule has 1 N–H and O–H groups in total. The lowest BCUT2D eigenvalue weighted by Crippen LogP contribution is -2.06. The highest BCUT2D eigenvalue weighted by Gasteiger charge is 2.14. The maximum atomic E-state index is 13.6. The van der Waals surface area contributed by atoms with Gasteiger partial charge in [0, 0.05) is 11.5 Å². The number of rotatable bonds is 0. The van der Waals surface area contributed by atoms with Gasteiger partial charge in [-0.25, -0.2) is 9.18 Å². The van der Waals surface area contributed by atoms with Crippen LogP contribution < -0.4 is 0 Å². The first-order chi connectivity index (χ1) is 7.66. The van der Waals surface area contributed by atoms with Crippen molar-refractivity contribution in [2.45, 2.75) is 25.7 Å². The number of benzene rings is 1. The van der Waals surface area contributed by atoms with Gasteiger partial charge in [-0.2, -0.15) is 0 Å². The maximum Gasteiger partial charge on any atom is 0.382 e. The van der Waals surface area contributed by atoms with Gasteiger partial charge in [0.05, 0.1) is 0 Å². The van der Waals surface area contributed by atoms with E-state index >= 15 is 0 Å². The molecule has 82 valence electrons. The van der Waals surface area contributed by atoms with E-state index in [1.165, 1.54) is 6.07 Å². The topological polar surface area (TPSA) is 37.3 Å². The number of halogens is 1. The minimum absolute atomic E-state index is 0.258. The Morgan fingerprint density at radius 1 is 1.31 bits per heavy atom. The monoisotopic (exact) mass is 218 g/mol. The van der Waals surface area contributed by atoms with Crippen molar-refractivity contribution in [2.75, 3.05) is 0 Å². The SMILES string of the molecule is O=C(O)C#Cc1cc(F)c2c(c1)CCCC2. The number of carboxylic acids is 1. The van der Waals surface area contributed by atoms with Gasteiger partial charge in [0.15, 0.2) is 0 Å². The number of carbonyl (C=O) groups is 1. The fourth-order valence-electron chi connectivity index (χ4n) is 2.01. The zero-order valence-electron chi connectivity index (χ0n) is 8.72. The summed E-state index contributed by atoms with van der Waals surface area (Å²) < 4.78 is 13.6. The van der Waals surface area contributed by atoms with Crippen LogP contribution in [0.25, 0.3) is 0 Å². The minimum Gasteiger partial charge on any atom is -0.472 e. The van der Waals surface area contributed by atoms with Crippen LogP contribution in [0, 0.1) is 17.7 Å². The number of aliphatic carboxylic acids is 1. The molecule has 0 heterocycles. The van der Waals surface area contributed by atoms with E-state index < -0.39 is 5.97 Å². The smallest absolute Gasteiger partial charge is 0.382 e. The van der Waals surface area contributed by atoms with Crippen LogP contribution in [-0.2, 0) is 17.6 Å². The second-order valence-corrected chi connectivity index (χ2v) is 3.86. The Labute approximate surface area is 93.1 Å². The highest BCUT2D eigenvalue weighted by molar-refractivity contribution is 5.87. The molecule has 2 rings (SSSR count). The van der Waals surface area contributed by atoms with Crippen molar-refractivity contribution in [3.63, 3.8) is 0 Å². The second-order valence-electron chi connectivity index (χ2n) is 3.86. The number of fused-ring (bicyclic) bond motifs is 1. The van der Waals surface area contributed by atoms with Crippen LogP contribution in [0.15, 0.2) is 12.1 Å². The van der Waals surface area contributed by atoms with Crippen LogP contribution in [0.2, 0.25) is 0 Å². The summed E-state index contributed by atoms with van der Waals surface area (Å²) >= 11 is 0. The summed E-state index contributed by atoms with van der Waals surface area (Å²) in [6.07, 6.45) is 3.70. The molecule has 0 amide bonds. The normalized spacial score (nSPS) is 13.6. The van der Waals surface area contributed by atoms with Gasteiger partial charge in [-0.15, -0.1) is 0 Å². The molecule has 0 unspecified atom stereocenters. The van der Waals surface area contributed by atoms with Crippen LogP contribution in [0.3, 0.4) is 0 Å². The van der Waals surface area contributed by atoms with Gasteiger partial charge in [0.1, 0.15) is 5.82 Å². The molecule has 1 aliphatic rings. The quantitative estimate of drug-likeness (QED) is 0.677. The van der Waals surface area contributed by atoms with Crippen LogP contribution in [0.4, 0.5) is 4.39 Å². The Hall–Kier alpha value is -1.82. The fourth-order valence-corrected chi connectivity index (χ4v) is 2.01. The molecule has 1 aromatic carbocycles. The van der Waals surface area contributed by atoms with Crippen molar-refractivity contribution in [3.8, 4) is 11.8 Å². The van der Waals surface area contributed by atoms with Gasteiger partial charge < -0.3 is 5.11 Å². The summed E-state index contributed by atoms with van der Waals surface area (Å²) in [6.45, 7) is 0. The summed E-state index contributed by atoms with van der Waals surface area (Å²) in [5, 5.41) is 8.42. The lowest BCUT2D eigenvalue weighted by atomic mass is 9.90. The summed E-state index contributed by atoms with van der Waals surface area (Å²) in [7, 11) is 0.